The molecular formula is C12H15ClN2O5S. The van der Waals surface area contributed by atoms with Crippen LogP contribution in [-0.2, 0) is 19.6 Å². The van der Waals surface area contributed by atoms with Crippen LogP contribution < -0.4 is 4.72 Å². The fourth-order valence-electron chi connectivity index (χ4n) is 1.58. The van der Waals surface area contributed by atoms with Gasteiger partial charge in [-0.1, -0.05) is 11.6 Å². The lowest BCUT2D eigenvalue weighted by atomic mass is 10.3. The smallest absolute Gasteiger partial charge is 0.323 e. The zero-order valence-corrected chi connectivity index (χ0v) is 13.0. The second-order valence-electron chi connectivity index (χ2n) is 4.38. The van der Waals surface area contributed by atoms with Crippen molar-refractivity contribution in [1.82, 2.24) is 9.62 Å². The van der Waals surface area contributed by atoms with Crippen LogP contribution >= 0.6 is 11.6 Å². The molecule has 0 spiro atoms. The van der Waals surface area contributed by atoms with E-state index in [1.165, 1.54) is 38.2 Å². The molecule has 2 N–H and O–H groups in total. The van der Waals surface area contributed by atoms with Crippen molar-refractivity contribution in [3.05, 3.63) is 29.3 Å². The number of amides is 1. The number of nitrogens with one attached hydrogen (secondary N) is 1. The lowest BCUT2D eigenvalue weighted by Gasteiger charge is -2.20. The van der Waals surface area contributed by atoms with Crippen LogP contribution in [0.2, 0.25) is 5.02 Å². The Morgan fingerprint density at radius 1 is 1.33 bits per heavy atom. The lowest BCUT2D eigenvalue weighted by molar-refractivity contribution is -0.143. The van der Waals surface area contributed by atoms with Gasteiger partial charge in [0.2, 0.25) is 15.9 Å². The molecule has 0 aliphatic rings. The van der Waals surface area contributed by atoms with E-state index in [-0.39, 0.29) is 4.90 Å². The van der Waals surface area contributed by atoms with Crippen molar-refractivity contribution in [2.75, 3.05) is 13.6 Å². The van der Waals surface area contributed by atoms with E-state index in [4.69, 9.17) is 16.7 Å². The number of carbonyl (C=O) groups is 2. The third-order valence-corrected chi connectivity index (χ3v) is 4.38. The molecule has 0 heterocycles. The predicted octanol–water partition coefficient (Wildman–Crippen LogP) is 0.550. The molecule has 0 aliphatic carbocycles. The topological polar surface area (TPSA) is 104 Å². The molecule has 7 nitrogen and oxygen atoms in total. The van der Waals surface area contributed by atoms with Crippen LogP contribution in [0.3, 0.4) is 0 Å². The highest BCUT2D eigenvalue weighted by atomic mass is 35.5. The van der Waals surface area contributed by atoms with E-state index in [0.29, 0.717) is 5.02 Å². The average Bonchev–Trinajstić information content (AvgIpc) is 2.36. The van der Waals surface area contributed by atoms with E-state index < -0.39 is 34.5 Å². The molecule has 0 saturated carbocycles. The monoisotopic (exact) mass is 334 g/mol. The summed E-state index contributed by atoms with van der Waals surface area (Å²) in [5.41, 5.74) is 0. The van der Waals surface area contributed by atoms with Gasteiger partial charge >= 0.3 is 5.97 Å². The van der Waals surface area contributed by atoms with Gasteiger partial charge < -0.3 is 10.0 Å². The van der Waals surface area contributed by atoms with Crippen LogP contribution in [-0.4, -0.2) is 49.9 Å². The second kappa shape index (κ2) is 6.88. The minimum absolute atomic E-state index is 0.0348. The standard InChI is InChI=1S/C12H15ClN2O5S/c1-8(12(18)15(2)7-11(16)17)14-21(19,20)10-5-3-9(13)4-6-10/h3-6,8,14H,7H2,1-2H3,(H,16,17). The van der Waals surface area contributed by atoms with Crippen molar-refractivity contribution in [2.45, 2.75) is 17.9 Å². The Morgan fingerprint density at radius 3 is 2.33 bits per heavy atom. The number of sulfonamides is 1. The third kappa shape index (κ3) is 5.00. The van der Waals surface area contributed by atoms with Crippen molar-refractivity contribution in [2.24, 2.45) is 0 Å². The zero-order valence-electron chi connectivity index (χ0n) is 11.4. The minimum Gasteiger partial charge on any atom is -0.480 e. The molecule has 0 aliphatic heterocycles. The first-order chi connectivity index (χ1) is 9.63. The van der Waals surface area contributed by atoms with Crippen LogP contribution in [0, 0.1) is 0 Å². The first kappa shape index (κ1) is 17.4. The van der Waals surface area contributed by atoms with Gasteiger partial charge in [0.25, 0.3) is 0 Å². The maximum absolute atomic E-state index is 12.1. The van der Waals surface area contributed by atoms with Crippen LogP contribution in [0.15, 0.2) is 29.2 Å². The minimum atomic E-state index is -3.89. The molecule has 21 heavy (non-hydrogen) atoms. The van der Waals surface area contributed by atoms with Gasteiger partial charge in [0, 0.05) is 12.1 Å². The van der Waals surface area contributed by atoms with Crippen molar-refractivity contribution in [3.63, 3.8) is 0 Å². The Hall–Kier alpha value is -1.64. The fourth-order valence-corrected chi connectivity index (χ4v) is 2.90. The SMILES string of the molecule is CC(NS(=O)(=O)c1ccc(Cl)cc1)C(=O)N(C)CC(=O)O. The van der Waals surface area contributed by atoms with Crippen LogP contribution in [0.5, 0.6) is 0 Å². The largest absolute Gasteiger partial charge is 0.480 e. The molecule has 1 rings (SSSR count). The Morgan fingerprint density at radius 2 is 1.86 bits per heavy atom. The summed E-state index contributed by atoms with van der Waals surface area (Å²) in [5.74, 6) is -1.83. The number of rotatable bonds is 6. The quantitative estimate of drug-likeness (QED) is 0.790. The van der Waals surface area contributed by atoms with Gasteiger partial charge in [-0.15, -0.1) is 0 Å². The number of hydrogen-bond donors (Lipinski definition) is 2. The molecule has 0 aromatic heterocycles. The van der Waals surface area contributed by atoms with E-state index >= 15 is 0 Å². The second-order valence-corrected chi connectivity index (χ2v) is 6.54. The first-order valence-corrected chi connectivity index (χ1v) is 7.74. The van der Waals surface area contributed by atoms with Crippen LogP contribution in [0.4, 0.5) is 0 Å². The van der Waals surface area contributed by atoms with Gasteiger partial charge in [-0.25, -0.2) is 8.42 Å². The maximum Gasteiger partial charge on any atom is 0.323 e. The number of halogens is 1. The number of hydrogen-bond acceptors (Lipinski definition) is 4. The summed E-state index contributed by atoms with van der Waals surface area (Å²) in [6.45, 7) is 0.833. The van der Waals surface area contributed by atoms with E-state index in [1.54, 1.807) is 0 Å². The number of aliphatic carboxylic acids is 1. The Balaban J connectivity index is 2.81. The Kier molecular flexibility index (Phi) is 5.70. The van der Waals surface area contributed by atoms with Crippen molar-refractivity contribution in [3.8, 4) is 0 Å². The lowest BCUT2D eigenvalue weighted by Crippen LogP contribution is -2.46. The molecule has 0 fully saturated rings. The van der Waals surface area contributed by atoms with E-state index in [1.807, 2.05) is 0 Å². The Labute approximate surface area is 127 Å². The summed E-state index contributed by atoms with van der Waals surface area (Å²) >= 11 is 5.68. The summed E-state index contributed by atoms with van der Waals surface area (Å²) in [5, 5.41) is 8.99. The zero-order chi connectivity index (χ0) is 16.2. The van der Waals surface area contributed by atoms with Gasteiger partial charge in [-0.05, 0) is 31.2 Å². The van der Waals surface area contributed by atoms with Gasteiger partial charge in [0.05, 0.1) is 10.9 Å². The first-order valence-electron chi connectivity index (χ1n) is 5.88. The third-order valence-electron chi connectivity index (χ3n) is 2.57. The number of carboxylic acids is 1. The van der Waals surface area contributed by atoms with Gasteiger partial charge in [0.1, 0.15) is 6.54 Å². The van der Waals surface area contributed by atoms with E-state index in [9.17, 15) is 18.0 Å². The molecular weight excluding hydrogens is 320 g/mol. The molecule has 1 atom stereocenters. The van der Waals surface area contributed by atoms with E-state index in [0.717, 1.165) is 4.90 Å². The molecule has 9 heteroatoms. The Bertz CT molecular complexity index is 630. The molecule has 0 saturated heterocycles. The van der Waals surface area contributed by atoms with Crippen molar-refractivity contribution >= 4 is 33.5 Å². The number of nitrogens with zero attached hydrogens (tertiary/aromatic N) is 1. The summed E-state index contributed by atoms with van der Waals surface area (Å²) in [7, 11) is -2.61. The highest BCUT2D eigenvalue weighted by Gasteiger charge is 2.25. The molecule has 1 unspecified atom stereocenters. The highest BCUT2D eigenvalue weighted by molar-refractivity contribution is 7.89. The summed E-state index contributed by atoms with van der Waals surface area (Å²) in [6, 6.07) is 4.36. The van der Waals surface area contributed by atoms with Crippen molar-refractivity contribution in [1.29, 1.82) is 0 Å². The van der Waals surface area contributed by atoms with Crippen molar-refractivity contribution < 1.29 is 23.1 Å². The van der Waals surface area contributed by atoms with E-state index in [2.05, 4.69) is 4.72 Å². The average molecular weight is 335 g/mol. The molecule has 116 valence electrons. The number of carbonyl (C=O) groups excluding carboxylic acids is 1. The van der Waals surface area contributed by atoms with Gasteiger partial charge in [-0.2, -0.15) is 4.72 Å². The molecule has 0 bridgehead atoms. The number of likely N-dealkylation sites (N-methyl/N-ethyl adjacent to an activating group) is 1. The van der Waals surface area contributed by atoms with Crippen LogP contribution in [0.1, 0.15) is 6.92 Å². The molecule has 1 amide bonds. The van der Waals surface area contributed by atoms with Crippen LogP contribution in [0.25, 0.3) is 0 Å². The normalized spacial score (nSPS) is 12.7. The molecule has 1 aromatic rings. The highest BCUT2D eigenvalue weighted by Crippen LogP contribution is 2.14. The predicted molar refractivity (Wildman–Crippen MR) is 76.5 cm³/mol. The summed E-state index contributed by atoms with van der Waals surface area (Å²) in [6.07, 6.45) is 0. The summed E-state index contributed by atoms with van der Waals surface area (Å²) < 4.78 is 26.3. The van der Waals surface area contributed by atoms with Gasteiger partial charge in [-0.3, -0.25) is 9.59 Å². The maximum atomic E-state index is 12.1. The molecule has 0 radical (unpaired) electrons. The fraction of sp³-hybridized carbons (Fsp3) is 0.333. The summed E-state index contributed by atoms with van der Waals surface area (Å²) in [4.78, 5) is 23.3. The number of benzene rings is 1. The number of carboxylic acid groups (broad SMARTS) is 1. The van der Waals surface area contributed by atoms with Gasteiger partial charge in [0.15, 0.2) is 0 Å². The molecule has 1 aromatic carbocycles.